The largest absolute Gasteiger partial charge is 0.722 e. The van der Waals surface area contributed by atoms with Gasteiger partial charge in [-0.05, 0) is 19.1 Å². The number of phenolic OH excluding ortho intramolecular Hbond substituents is 3. The highest BCUT2D eigenvalue weighted by Gasteiger charge is 2.08. The van der Waals surface area contributed by atoms with E-state index in [0.29, 0.717) is 0 Å². The van der Waals surface area contributed by atoms with Crippen molar-refractivity contribution in [2.75, 3.05) is 0 Å². The Morgan fingerprint density at radius 1 is 1.11 bits per heavy atom. The lowest BCUT2D eigenvalue weighted by Gasteiger charge is -2.05. The van der Waals surface area contributed by atoms with Gasteiger partial charge in [-0.15, -0.1) is 9.95 Å². The summed E-state index contributed by atoms with van der Waals surface area (Å²) in [4.78, 5) is -0.158. The molecule has 8 N–H and O–H groups in total. The van der Waals surface area contributed by atoms with Gasteiger partial charge in [0.2, 0.25) is 0 Å². The minimum absolute atomic E-state index is 0.0666. The minimum Gasteiger partial charge on any atom is -0.722 e. The summed E-state index contributed by atoms with van der Waals surface area (Å²) < 4.78 is 29.6. The molecule has 0 atom stereocenters. The smallest absolute Gasteiger partial charge is 0.366 e. The number of benzene rings is 2. The fourth-order valence-corrected chi connectivity index (χ4v) is 2.11. The number of nitrogens with zero attached hydrogens (tertiary/aromatic N) is 2. The molecule has 0 saturated carbocycles. The molecule has 0 radical (unpaired) electrons. The number of aryl methyl sites for hydroxylation is 1. The number of guanidine groups is 1. The zero-order valence-electron chi connectivity index (χ0n) is 14.0. The van der Waals surface area contributed by atoms with Crippen molar-refractivity contribution < 1.29 is 33.1 Å². The fourth-order valence-electron chi connectivity index (χ4n) is 1.63. The van der Waals surface area contributed by atoms with Crippen molar-refractivity contribution in [1.82, 2.24) is 0 Å². The summed E-state index contributed by atoms with van der Waals surface area (Å²) in [7, 11) is -4.02. The summed E-state index contributed by atoms with van der Waals surface area (Å²) in [6.45, 7) is 1.84. The average molecular weight is 398 g/mol. The van der Waals surface area contributed by atoms with Crippen molar-refractivity contribution in [3.8, 4) is 17.2 Å². The highest BCUT2D eigenvalue weighted by Crippen LogP contribution is 2.30. The standard InChI is InChI=1S/C8H10N4O4.C7H8O3S/c9-8(10)12(16)11-3-5-6(14)1-4(13)2-7(5)15;1-6-2-4-7(5-3-6)11(8,9)10/h1-3,13-15H,9-10H2;2-5H,1H3,(H,8,9,10)/b11-3+;. The van der Waals surface area contributed by atoms with Crippen LogP contribution in [-0.2, 0) is 10.1 Å². The normalized spacial score (nSPS) is 10.9. The van der Waals surface area contributed by atoms with E-state index in [1.165, 1.54) is 12.1 Å². The number of nitrogens with two attached hydrogens (primary N) is 2. The van der Waals surface area contributed by atoms with Crippen LogP contribution in [0.15, 0.2) is 46.4 Å². The van der Waals surface area contributed by atoms with Crippen molar-refractivity contribution in [3.63, 3.8) is 0 Å². The van der Waals surface area contributed by atoms with Gasteiger partial charge in [-0.3, -0.25) is 16.0 Å². The molecule has 0 aromatic heterocycles. The summed E-state index contributed by atoms with van der Waals surface area (Å²) >= 11 is 0. The van der Waals surface area contributed by atoms with E-state index in [0.717, 1.165) is 23.9 Å². The van der Waals surface area contributed by atoms with E-state index in [9.17, 15) is 23.8 Å². The summed E-state index contributed by atoms with van der Waals surface area (Å²) in [6.07, 6.45) is 0.858. The van der Waals surface area contributed by atoms with Gasteiger partial charge in [0.1, 0.15) is 17.2 Å². The Kier molecular flexibility index (Phi) is 6.96. The number of hydrogen-bond acceptors (Lipinski definition) is 7. The van der Waals surface area contributed by atoms with Crippen LogP contribution < -0.4 is 11.5 Å². The number of hydrazone groups is 1. The van der Waals surface area contributed by atoms with Gasteiger partial charge in [0.25, 0.3) is 10.1 Å². The molecule has 146 valence electrons. The second-order valence-corrected chi connectivity index (χ2v) is 6.55. The number of rotatable bonds is 3. The Labute approximate surface area is 154 Å². The molecular weight excluding hydrogens is 380 g/mol. The van der Waals surface area contributed by atoms with E-state index < -0.39 is 27.6 Å². The third-order valence-corrected chi connectivity index (χ3v) is 3.82. The van der Waals surface area contributed by atoms with Gasteiger partial charge in [-0.2, -0.15) is 8.42 Å². The van der Waals surface area contributed by atoms with Crippen molar-refractivity contribution in [2.24, 2.45) is 16.6 Å². The van der Waals surface area contributed by atoms with Crippen LogP contribution in [0.2, 0.25) is 0 Å². The zero-order valence-corrected chi connectivity index (χ0v) is 14.8. The summed E-state index contributed by atoms with van der Waals surface area (Å²) in [5.41, 5.74) is 10.7. The monoisotopic (exact) mass is 398 g/mol. The van der Waals surface area contributed by atoms with Crippen molar-refractivity contribution in [1.29, 1.82) is 0 Å². The minimum atomic E-state index is -4.02. The highest BCUT2D eigenvalue weighted by atomic mass is 32.2. The molecule has 12 heteroatoms. The maximum Gasteiger partial charge on any atom is 0.366 e. The highest BCUT2D eigenvalue weighted by molar-refractivity contribution is 7.85. The summed E-state index contributed by atoms with van der Waals surface area (Å²) in [5, 5.41) is 41.7. The van der Waals surface area contributed by atoms with E-state index in [-0.39, 0.29) is 21.1 Å². The maximum atomic E-state index is 10.8. The van der Waals surface area contributed by atoms with Crippen LogP contribution in [0.1, 0.15) is 11.1 Å². The molecule has 27 heavy (non-hydrogen) atoms. The molecule has 2 rings (SSSR count). The van der Waals surface area contributed by atoms with Gasteiger partial charge in [0.15, 0.2) is 0 Å². The first-order valence-electron chi connectivity index (χ1n) is 7.10. The Morgan fingerprint density at radius 3 is 2.00 bits per heavy atom. The first-order chi connectivity index (χ1) is 12.4. The third-order valence-electron chi connectivity index (χ3n) is 2.95. The lowest BCUT2D eigenvalue weighted by molar-refractivity contribution is -0.463. The van der Waals surface area contributed by atoms with Crippen LogP contribution in [0.3, 0.4) is 0 Å². The number of aromatic hydroxyl groups is 3. The molecule has 0 amide bonds. The Morgan fingerprint density at radius 2 is 1.59 bits per heavy atom. The molecule has 2 aromatic rings. The molecule has 0 fully saturated rings. The van der Waals surface area contributed by atoms with Crippen molar-refractivity contribution in [2.45, 2.75) is 11.8 Å². The predicted octanol–water partition coefficient (Wildman–Crippen LogP) is 0.163. The third kappa shape index (κ3) is 6.72. The molecular formula is C15H18N4O7S. The number of hydrogen-bond donors (Lipinski definition) is 6. The molecule has 0 aliphatic rings. The van der Waals surface area contributed by atoms with E-state index in [4.69, 9.17) is 21.1 Å². The first kappa shape index (κ1) is 21.5. The van der Waals surface area contributed by atoms with Crippen LogP contribution >= 0.6 is 0 Å². The quantitative estimate of drug-likeness (QED) is 0.104. The van der Waals surface area contributed by atoms with Gasteiger partial charge in [0.05, 0.1) is 16.7 Å². The molecule has 0 aliphatic heterocycles. The average Bonchev–Trinajstić information content (AvgIpc) is 2.53. The molecule has 0 unspecified atom stereocenters. The van der Waals surface area contributed by atoms with E-state index in [2.05, 4.69) is 5.10 Å². The van der Waals surface area contributed by atoms with Crippen molar-refractivity contribution >= 4 is 22.3 Å². The Balaban J connectivity index is 0.000000289. The Hall–Kier alpha value is -3.51. The summed E-state index contributed by atoms with van der Waals surface area (Å²) in [5.74, 6) is -1.79. The molecule has 0 spiro atoms. The van der Waals surface area contributed by atoms with Gasteiger partial charge in [-0.1, -0.05) is 17.7 Å². The van der Waals surface area contributed by atoms with Gasteiger partial charge >= 0.3 is 5.96 Å². The van der Waals surface area contributed by atoms with Crippen LogP contribution in [0.5, 0.6) is 17.2 Å². The van der Waals surface area contributed by atoms with E-state index in [1.54, 1.807) is 12.1 Å². The fraction of sp³-hybridized carbons (Fsp3) is 0.0667. The molecule has 2 aromatic carbocycles. The molecule has 11 nitrogen and oxygen atoms in total. The molecule has 0 saturated heterocycles. The molecule has 0 heterocycles. The van der Waals surface area contributed by atoms with Crippen LogP contribution in [0.4, 0.5) is 0 Å². The number of phenols is 3. The zero-order chi connectivity index (χ0) is 20.8. The van der Waals surface area contributed by atoms with Gasteiger partial charge < -0.3 is 20.5 Å². The van der Waals surface area contributed by atoms with Gasteiger partial charge in [0, 0.05) is 12.1 Å². The van der Waals surface area contributed by atoms with E-state index >= 15 is 0 Å². The second kappa shape index (κ2) is 8.73. The maximum absolute atomic E-state index is 10.8. The predicted molar refractivity (Wildman–Crippen MR) is 97.0 cm³/mol. The Bertz CT molecular complexity index is 943. The SMILES string of the molecule is Cc1ccc(S(=O)(=O)O)cc1.NC(N)=[N+]([O-])/N=C/c1c(O)cc(O)cc1O. The molecule has 0 bridgehead atoms. The van der Waals surface area contributed by atoms with E-state index in [1.807, 2.05) is 6.92 Å². The first-order valence-corrected chi connectivity index (χ1v) is 8.54. The van der Waals surface area contributed by atoms with Crippen molar-refractivity contribution in [3.05, 3.63) is 52.7 Å². The lowest BCUT2D eigenvalue weighted by atomic mass is 10.2. The topological polar surface area (TPSA) is 206 Å². The summed E-state index contributed by atoms with van der Waals surface area (Å²) in [6, 6.07) is 7.94. The van der Waals surface area contributed by atoms with Gasteiger partial charge in [-0.25, -0.2) is 0 Å². The van der Waals surface area contributed by atoms with Crippen LogP contribution in [-0.4, -0.2) is 45.3 Å². The second-order valence-electron chi connectivity index (χ2n) is 5.13. The van der Waals surface area contributed by atoms with Crippen LogP contribution in [0.25, 0.3) is 0 Å². The van der Waals surface area contributed by atoms with Crippen LogP contribution in [0, 0.1) is 12.1 Å². The lowest BCUT2D eigenvalue weighted by Crippen LogP contribution is -2.30. The molecule has 0 aliphatic carbocycles.